The van der Waals surface area contributed by atoms with E-state index in [0.717, 1.165) is 22.3 Å². The van der Waals surface area contributed by atoms with Gasteiger partial charge in [0.05, 0.1) is 5.41 Å². The molecule has 0 aliphatic heterocycles. The maximum atomic E-state index is 5.04. The molecule has 3 heteroatoms. The maximum Gasteiger partial charge on any atom is 0.164 e. The molecule has 3 nitrogen and oxygen atoms in total. The van der Waals surface area contributed by atoms with Crippen LogP contribution in [0, 0.1) is 0 Å². The normalized spacial score (nSPS) is 12.9. The molecule has 0 amide bonds. The van der Waals surface area contributed by atoms with E-state index in [1.165, 1.54) is 72.0 Å². The van der Waals surface area contributed by atoms with Gasteiger partial charge >= 0.3 is 0 Å². The predicted molar refractivity (Wildman–Crippen MR) is 241 cm³/mol. The van der Waals surface area contributed by atoms with Crippen molar-refractivity contribution in [2.45, 2.75) is 5.41 Å². The summed E-state index contributed by atoms with van der Waals surface area (Å²) in [5.41, 5.74) is 17.6. The van der Waals surface area contributed by atoms with Crippen LogP contribution in [0.3, 0.4) is 0 Å². The van der Waals surface area contributed by atoms with Crippen LogP contribution >= 0.6 is 0 Å². The van der Waals surface area contributed by atoms with E-state index in [1.807, 2.05) is 60.7 Å². The number of rotatable bonds is 5. The van der Waals surface area contributed by atoms with Crippen molar-refractivity contribution in [3.05, 3.63) is 235 Å². The third-order valence-electron chi connectivity index (χ3n) is 12.4. The Morgan fingerprint density at radius 3 is 1.25 bits per heavy atom. The van der Waals surface area contributed by atoms with E-state index in [1.54, 1.807) is 0 Å². The smallest absolute Gasteiger partial charge is 0.164 e. The van der Waals surface area contributed by atoms with Gasteiger partial charge in [-0.05, 0) is 89.7 Å². The van der Waals surface area contributed by atoms with E-state index >= 15 is 0 Å². The highest BCUT2D eigenvalue weighted by Crippen LogP contribution is 2.63. The molecule has 2 aliphatic carbocycles. The van der Waals surface area contributed by atoms with Crippen molar-refractivity contribution in [1.29, 1.82) is 0 Å². The topological polar surface area (TPSA) is 38.7 Å². The van der Waals surface area contributed by atoms with Gasteiger partial charge in [0, 0.05) is 16.7 Å². The quantitative estimate of drug-likeness (QED) is 0.176. The lowest BCUT2D eigenvalue weighted by Gasteiger charge is -2.31. The highest BCUT2D eigenvalue weighted by Gasteiger charge is 2.51. The number of hydrogen-bond donors (Lipinski definition) is 0. The standard InChI is InChI=1S/C56H35N3/c1-3-17-38(18-4-1)53-57-54(39-19-5-2-6-20-39)59-55(58-53)40-32-30-37(31-33-40)46-35-52-48(34-47(46)42-26-15-21-36-16-7-8-22-41(36)42)45-25-11-14-29-51(45)56(52)49-27-12-9-23-43(49)44-24-10-13-28-50(44)56/h1-35H. The Labute approximate surface area is 343 Å². The van der Waals surface area contributed by atoms with Crippen LogP contribution in [0.5, 0.6) is 0 Å². The van der Waals surface area contributed by atoms with Gasteiger partial charge in [-0.15, -0.1) is 0 Å². The minimum atomic E-state index is -0.447. The molecule has 1 spiro atoms. The van der Waals surface area contributed by atoms with Gasteiger partial charge in [-0.1, -0.05) is 200 Å². The zero-order valence-electron chi connectivity index (χ0n) is 32.0. The van der Waals surface area contributed by atoms with Gasteiger partial charge in [0.25, 0.3) is 0 Å². The maximum absolute atomic E-state index is 5.04. The van der Waals surface area contributed by atoms with E-state index in [4.69, 9.17) is 15.0 Å². The van der Waals surface area contributed by atoms with Gasteiger partial charge in [0.2, 0.25) is 0 Å². The fourth-order valence-corrected chi connectivity index (χ4v) is 9.80. The first-order valence-electron chi connectivity index (χ1n) is 20.2. The molecule has 1 heterocycles. The summed E-state index contributed by atoms with van der Waals surface area (Å²) in [6.45, 7) is 0. The fourth-order valence-electron chi connectivity index (χ4n) is 9.80. The molecule has 0 bridgehead atoms. The highest BCUT2D eigenvalue weighted by molar-refractivity contribution is 6.04. The second-order valence-corrected chi connectivity index (χ2v) is 15.5. The van der Waals surface area contributed by atoms with Crippen molar-refractivity contribution >= 4 is 10.8 Å². The predicted octanol–water partition coefficient (Wildman–Crippen LogP) is 13.7. The molecule has 0 N–H and O–H groups in total. The molecule has 0 atom stereocenters. The van der Waals surface area contributed by atoms with Crippen molar-refractivity contribution in [3.63, 3.8) is 0 Å². The average Bonchev–Trinajstić information content (AvgIpc) is 3.78. The molecule has 9 aromatic carbocycles. The summed E-state index contributed by atoms with van der Waals surface area (Å²) in [5.74, 6) is 1.94. The lowest BCUT2D eigenvalue weighted by molar-refractivity contribution is 0.794. The van der Waals surface area contributed by atoms with Crippen molar-refractivity contribution < 1.29 is 0 Å². The van der Waals surface area contributed by atoms with Gasteiger partial charge in [-0.25, -0.2) is 15.0 Å². The first-order chi connectivity index (χ1) is 29.3. The van der Waals surface area contributed by atoms with Crippen molar-refractivity contribution in [1.82, 2.24) is 15.0 Å². The molecular formula is C56H35N3. The fraction of sp³-hybridized carbons (Fsp3) is 0.0179. The summed E-state index contributed by atoms with van der Waals surface area (Å²) in [7, 11) is 0. The number of fused-ring (bicyclic) bond motifs is 11. The molecule has 0 saturated heterocycles. The van der Waals surface area contributed by atoms with Gasteiger partial charge in [0.1, 0.15) is 0 Å². The van der Waals surface area contributed by atoms with Crippen LogP contribution in [0.25, 0.3) is 89.4 Å². The SMILES string of the molecule is c1ccc(-c2nc(-c3ccccc3)nc(-c3ccc(-c4cc5c(cc4-c4cccc6ccccc46)-c4ccccc4C54c5ccccc5-c5ccccc54)cc3)n2)cc1. The van der Waals surface area contributed by atoms with E-state index in [0.29, 0.717) is 17.5 Å². The molecule has 2 aliphatic rings. The number of benzene rings is 9. The Hall–Kier alpha value is -7.75. The molecule has 274 valence electrons. The summed E-state index contributed by atoms with van der Waals surface area (Å²) < 4.78 is 0. The van der Waals surface area contributed by atoms with Gasteiger partial charge in [0.15, 0.2) is 17.5 Å². The zero-order chi connectivity index (χ0) is 38.9. The summed E-state index contributed by atoms with van der Waals surface area (Å²) in [6, 6.07) is 76.5. The second kappa shape index (κ2) is 13.2. The van der Waals surface area contributed by atoms with E-state index in [9.17, 15) is 0 Å². The Morgan fingerprint density at radius 2 is 0.678 bits per heavy atom. The van der Waals surface area contributed by atoms with Crippen molar-refractivity contribution in [2.75, 3.05) is 0 Å². The van der Waals surface area contributed by atoms with Crippen LogP contribution in [-0.4, -0.2) is 15.0 Å². The van der Waals surface area contributed by atoms with Crippen LogP contribution in [0.15, 0.2) is 212 Å². The third-order valence-corrected chi connectivity index (χ3v) is 12.4. The monoisotopic (exact) mass is 749 g/mol. The van der Waals surface area contributed by atoms with Gasteiger partial charge in [-0.2, -0.15) is 0 Å². The molecule has 0 radical (unpaired) electrons. The molecule has 0 fully saturated rings. The first kappa shape index (κ1) is 33.4. The van der Waals surface area contributed by atoms with Gasteiger partial charge in [-0.3, -0.25) is 0 Å². The summed E-state index contributed by atoms with van der Waals surface area (Å²) in [4.78, 5) is 15.0. The Morgan fingerprint density at radius 1 is 0.254 bits per heavy atom. The number of aromatic nitrogens is 3. The summed E-state index contributed by atoms with van der Waals surface area (Å²) in [5, 5.41) is 2.46. The van der Waals surface area contributed by atoms with E-state index in [2.05, 4.69) is 152 Å². The van der Waals surface area contributed by atoms with Crippen LogP contribution < -0.4 is 0 Å². The summed E-state index contributed by atoms with van der Waals surface area (Å²) in [6.07, 6.45) is 0. The van der Waals surface area contributed by atoms with Crippen LogP contribution in [-0.2, 0) is 5.41 Å². The third kappa shape index (κ3) is 5.05. The molecule has 12 rings (SSSR count). The lowest BCUT2D eigenvalue weighted by atomic mass is 9.70. The Kier molecular flexibility index (Phi) is 7.45. The number of hydrogen-bond acceptors (Lipinski definition) is 3. The van der Waals surface area contributed by atoms with E-state index < -0.39 is 5.41 Å². The molecule has 1 aromatic heterocycles. The average molecular weight is 750 g/mol. The molecule has 10 aromatic rings. The van der Waals surface area contributed by atoms with Crippen molar-refractivity contribution in [3.8, 4) is 78.7 Å². The summed E-state index contributed by atoms with van der Waals surface area (Å²) >= 11 is 0. The molecular weight excluding hydrogens is 715 g/mol. The Balaban J connectivity index is 1.10. The minimum Gasteiger partial charge on any atom is -0.208 e. The molecule has 0 unspecified atom stereocenters. The van der Waals surface area contributed by atoms with Crippen LogP contribution in [0.2, 0.25) is 0 Å². The van der Waals surface area contributed by atoms with E-state index in [-0.39, 0.29) is 0 Å². The van der Waals surface area contributed by atoms with Crippen molar-refractivity contribution in [2.24, 2.45) is 0 Å². The molecule has 0 saturated carbocycles. The van der Waals surface area contributed by atoms with Crippen LogP contribution in [0.4, 0.5) is 0 Å². The van der Waals surface area contributed by atoms with Gasteiger partial charge < -0.3 is 0 Å². The highest BCUT2D eigenvalue weighted by atomic mass is 15.0. The first-order valence-corrected chi connectivity index (χ1v) is 20.2. The zero-order valence-corrected chi connectivity index (χ0v) is 32.0. The largest absolute Gasteiger partial charge is 0.208 e. The Bertz CT molecular complexity index is 3150. The lowest BCUT2D eigenvalue weighted by Crippen LogP contribution is -2.25. The van der Waals surface area contributed by atoms with Crippen LogP contribution in [0.1, 0.15) is 22.3 Å². The molecule has 59 heavy (non-hydrogen) atoms. The number of nitrogens with zero attached hydrogens (tertiary/aromatic N) is 3. The second-order valence-electron chi connectivity index (χ2n) is 15.5. The minimum absolute atomic E-state index is 0.447.